The molecule has 0 amide bonds. The number of hydrogen-bond donors (Lipinski definition) is 0. The van der Waals surface area contributed by atoms with E-state index in [2.05, 4.69) is 9.97 Å². The molecular weight excluding hydrogens is 278 g/mol. The van der Waals surface area contributed by atoms with E-state index in [-0.39, 0.29) is 10.3 Å². The van der Waals surface area contributed by atoms with Crippen LogP contribution >= 0.6 is 23.2 Å². The molecule has 0 aliphatic heterocycles. The van der Waals surface area contributed by atoms with Crippen LogP contribution in [0.2, 0.25) is 10.3 Å². The van der Waals surface area contributed by atoms with E-state index in [1.807, 2.05) is 24.3 Å². The molecule has 3 nitrogen and oxygen atoms in total. The summed E-state index contributed by atoms with van der Waals surface area (Å²) in [5.41, 5.74) is 0.924. The number of ether oxygens (including phenoxy) is 1. The maximum Gasteiger partial charge on any atom is 0.197 e. The highest BCUT2D eigenvalue weighted by atomic mass is 35.5. The van der Waals surface area contributed by atoms with Gasteiger partial charge < -0.3 is 4.74 Å². The fourth-order valence-corrected chi connectivity index (χ4v) is 1.90. The molecule has 1 aromatic carbocycles. The lowest BCUT2D eigenvalue weighted by molar-refractivity contribution is 0.414. The standard InChI is InChI=1S/C12H9Cl2FN2O/c1-18-8-4-2-3-7(5-8)6-9-16-11(13)10(15)12(14)17-9/h2-5H,6H2,1H3. The predicted octanol–water partition coefficient (Wildman–Crippen LogP) is 3.52. The summed E-state index contributed by atoms with van der Waals surface area (Å²) in [5, 5.41) is -0.541. The smallest absolute Gasteiger partial charge is 0.197 e. The Hall–Kier alpha value is -1.39. The number of benzene rings is 1. The first-order valence-electron chi connectivity index (χ1n) is 5.10. The van der Waals surface area contributed by atoms with Gasteiger partial charge in [-0.05, 0) is 17.7 Å². The lowest BCUT2D eigenvalue weighted by Gasteiger charge is -2.05. The third kappa shape index (κ3) is 2.89. The lowest BCUT2D eigenvalue weighted by Crippen LogP contribution is -2.00. The predicted molar refractivity (Wildman–Crippen MR) is 67.8 cm³/mol. The Morgan fingerprint density at radius 3 is 2.50 bits per heavy atom. The Labute approximate surface area is 114 Å². The molecule has 0 radical (unpaired) electrons. The number of nitrogens with zero attached hydrogens (tertiary/aromatic N) is 2. The first-order chi connectivity index (χ1) is 8.60. The number of halogens is 3. The minimum Gasteiger partial charge on any atom is -0.497 e. The van der Waals surface area contributed by atoms with Crippen LogP contribution in [-0.4, -0.2) is 17.1 Å². The molecule has 6 heteroatoms. The van der Waals surface area contributed by atoms with Gasteiger partial charge >= 0.3 is 0 Å². The van der Waals surface area contributed by atoms with Gasteiger partial charge in [0.05, 0.1) is 7.11 Å². The van der Waals surface area contributed by atoms with Crippen LogP contribution in [0.3, 0.4) is 0 Å². The van der Waals surface area contributed by atoms with E-state index in [9.17, 15) is 4.39 Å². The van der Waals surface area contributed by atoms with Crippen LogP contribution < -0.4 is 4.74 Å². The van der Waals surface area contributed by atoms with E-state index < -0.39 is 5.82 Å². The first kappa shape index (κ1) is 13.1. The zero-order chi connectivity index (χ0) is 13.1. The van der Waals surface area contributed by atoms with Gasteiger partial charge in [-0.1, -0.05) is 35.3 Å². The topological polar surface area (TPSA) is 35.0 Å². The summed E-state index contributed by atoms with van der Waals surface area (Å²) in [7, 11) is 1.58. The van der Waals surface area contributed by atoms with Crippen molar-refractivity contribution in [3.8, 4) is 5.75 Å². The molecule has 0 N–H and O–H groups in total. The highest BCUT2D eigenvalue weighted by Crippen LogP contribution is 2.21. The Balaban J connectivity index is 2.28. The molecule has 94 valence electrons. The Kier molecular flexibility index (Phi) is 3.99. The van der Waals surface area contributed by atoms with E-state index in [0.29, 0.717) is 12.2 Å². The summed E-state index contributed by atoms with van der Waals surface area (Å²) >= 11 is 11.2. The minimum absolute atomic E-state index is 0.270. The summed E-state index contributed by atoms with van der Waals surface area (Å²) in [5.74, 6) is 0.291. The van der Waals surface area contributed by atoms with Crippen molar-refractivity contribution < 1.29 is 9.13 Å². The molecule has 2 aromatic rings. The summed E-state index contributed by atoms with van der Waals surface area (Å²) in [4.78, 5) is 7.68. The van der Waals surface area contributed by atoms with Gasteiger partial charge in [0.15, 0.2) is 16.1 Å². The lowest BCUT2D eigenvalue weighted by atomic mass is 10.1. The van der Waals surface area contributed by atoms with Crippen molar-refractivity contribution in [3.63, 3.8) is 0 Å². The van der Waals surface area contributed by atoms with Gasteiger partial charge in [0.25, 0.3) is 0 Å². The molecule has 0 atom stereocenters. The van der Waals surface area contributed by atoms with E-state index >= 15 is 0 Å². The van der Waals surface area contributed by atoms with Gasteiger partial charge in [0.1, 0.15) is 11.6 Å². The summed E-state index contributed by atoms with van der Waals surface area (Å²) in [6.07, 6.45) is 0.400. The van der Waals surface area contributed by atoms with E-state index in [0.717, 1.165) is 11.3 Å². The van der Waals surface area contributed by atoms with Crippen LogP contribution in [-0.2, 0) is 6.42 Å². The van der Waals surface area contributed by atoms with Crippen molar-refractivity contribution in [2.75, 3.05) is 7.11 Å². The maximum absolute atomic E-state index is 13.2. The zero-order valence-corrected chi connectivity index (χ0v) is 11.0. The Morgan fingerprint density at radius 2 is 1.89 bits per heavy atom. The highest BCUT2D eigenvalue weighted by Gasteiger charge is 2.11. The third-order valence-corrected chi connectivity index (χ3v) is 2.81. The number of aromatic nitrogens is 2. The van der Waals surface area contributed by atoms with Gasteiger partial charge in [-0.15, -0.1) is 0 Å². The van der Waals surface area contributed by atoms with Crippen molar-refractivity contribution in [2.45, 2.75) is 6.42 Å². The fraction of sp³-hybridized carbons (Fsp3) is 0.167. The zero-order valence-electron chi connectivity index (χ0n) is 9.45. The minimum atomic E-state index is -0.798. The molecule has 1 aromatic heterocycles. The average molecular weight is 287 g/mol. The van der Waals surface area contributed by atoms with Crippen molar-refractivity contribution in [1.29, 1.82) is 0 Å². The van der Waals surface area contributed by atoms with Gasteiger partial charge in [-0.2, -0.15) is 0 Å². The Bertz CT molecular complexity index is 555. The second kappa shape index (κ2) is 5.50. The first-order valence-corrected chi connectivity index (χ1v) is 5.86. The molecule has 1 heterocycles. The number of rotatable bonds is 3. The Morgan fingerprint density at radius 1 is 1.22 bits per heavy atom. The third-order valence-electron chi connectivity index (χ3n) is 2.31. The molecule has 0 spiro atoms. The molecule has 0 saturated heterocycles. The van der Waals surface area contributed by atoms with Crippen molar-refractivity contribution in [3.05, 3.63) is 51.8 Å². The number of hydrogen-bond acceptors (Lipinski definition) is 3. The molecule has 0 aliphatic rings. The van der Waals surface area contributed by atoms with E-state index in [1.54, 1.807) is 7.11 Å². The van der Waals surface area contributed by atoms with Crippen LogP contribution in [0.25, 0.3) is 0 Å². The highest BCUT2D eigenvalue weighted by molar-refractivity contribution is 6.33. The second-order valence-corrected chi connectivity index (χ2v) is 4.28. The van der Waals surface area contributed by atoms with Crippen LogP contribution in [0.15, 0.2) is 24.3 Å². The van der Waals surface area contributed by atoms with Gasteiger partial charge in [0, 0.05) is 6.42 Å². The molecule has 0 unspecified atom stereocenters. The average Bonchev–Trinajstić information content (AvgIpc) is 2.36. The van der Waals surface area contributed by atoms with E-state index in [4.69, 9.17) is 27.9 Å². The largest absolute Gasteiger partial charge is 0.497 e. The summed E-state index contributed by atoms with van der Waals surface area (Å²) in [6.45, 7) is 0. The number of methoxy groups -OCH3 is 1. The van der Waals surface area contributed by atoms with Crippen molar-refractivity contribution in [2.24, 2.45) is 0 Å². The molecule has 18 heavy (non-hydrogen) atoms. The molecule has 0 saturated carbocycles. The van der Waals surface area contributed by atoms with Crippen LogP contribution in [0.5, 0.6) is 5.75 Å². The van der Waals surface area contributed by atoms with Crippen molar-refractivity contribution >= 4 is 23.2 Å². The van der Waals surface area contributed by atoms with Crippen LogP contribution in [0.1, 0.15) is 11.4 Å². The van der Waals surface area contributed by atoms with Crippen LogP contribution in [0.4, 0.5) is 4.39 Å². The van der Waals surface area contributed by atoms with Gasteiger partial charge in [-0.25, -0.2) is 14.4 Å². The van der Waals surface area contributed by atoms with Crippen LogP contribution in [0, 0.1) is 5.82 Å². The molecular formula is C12H9Cl2FN2O. The quantitative estimate of drug-likeness (QED) is 0.810. The van der Waals surface area contributed by atoms with E-state index in [1.165, 1.54) is 0 Å². The fourth-order valence-electron chi connectivity index (χ4n) is 1.48. The summed E-state index contributed by atoms with van der Waals surface area (Å²) < 4.78 is 18.3. The van der Waals surface area contributed by atoms with Crippen molar-refractivity contribution in [1.82, 2.24) is 9.97 Å². The second-order valence-electron chi connectivity index (χ2n) is 3.56. The van der Waals surface area contributed by atoms with Gasteiger partial charge in [0.2, 0.25) is 0 Å². The maximum atomic E-state index is 13.2. The summed E-state index contributed by atoms with van der Waals surface area (Å²) in [6, 6.07) is 7.40. The normalized spacial score (nSPS) is 10.4. The SMILES string of the molecule is COc1cccc(Cc2nc(Cl)c(F)c(Cl)n2)c1. The molecule has 2 rings (SSSR count). The molecule has 0 aliphatic carbocycles. The molecule has 0 fully saturated rings. The molecule has 0 bridgehead atoms. The monoisotopic (exact) mass is 286 g/mol. The van der Waals surface area contributed by atoms with Gasteiger partial charge in [-0.3, -0.25) is 0 Å².